The van der Waals surface area contributed by atoms with Crippen LogP contribution in [0, 0.1) is 0 Å². The smallest absolute Gasteiger partial charge is 0.261 e. The van der Waals surface area contributed by atoms with Crippen LogP contribution in [0.2, 0.25) is 0 Å². The van der Waals surface area contributed by atoms with Crippen molar-refractivity contribution in [3.8, 4) is 0 Å². The molecule has 3 rings (SSSR count). The lowest BCUT2D eigenvalue weighted by Gasteiger charge is -2.10. The fourth-order valence-electron chi connectivity index (χ4n) is 2.20. The third kappa shape index (κ3) is 5.62. The number of hydrazine groups is 1. The van der Waals surface area contributed by atoms with Crippen molar-refractivity contribution in [2.24, 2.45) is 0 Å². The summed E-state index contributed by atoms with van der Waals surface area (Å²) in [6.45, 7) is 1.73. The van der Waals surface area contributed by atoms with Crippen LogP contribution >= 0.6 is 0 Å². The zero-order valence-corrected chi connectivity index (χ0v) is 16.3. The van der Waals surface area contributed by atoms with E-state index in [4.69, 9.17) is 0 Å². The normalized spacial score (nSPS) is 10.8. The van der Waals surface area contributed by atoms with Gasteiger partial charge in [-0.05, 0) is 42.5 Å². The van der Waals surface area contributed by atoms with E-state index in [0.717, 1.165) is 0 Å². The van der Waals surface area contributed by atoms with Crippen molar-refractivity contribution in [2.75, 3.05) is 15.5 Å². The van der Waals surface area contributed by atoms with E-state index in [1.807, 2.05) is 0 Å². The molecule has 2 heterocycles. The average molecular weight is 413 g/mol. The SMILES string of the molecule is CCC(=O)NNc1nccc(Nc2ccc(S(=O)(=O)Nc3ccncc3)cc2)n1. The molecule has 3 aromatic rings. The lowest BCUT2D eigenvalue weighted by molar-refractivity contribution is -0.120. The summed E-state index contributed by atoms with van der Waals surface area (Å²) in [6, 6.07) is 11.0. The fourth-order valence-corrected chi connectivity index (χ4v) is 3.26. The van der Waals surface area contributed by atoms with E-state index >= 15 is 0 Å². The maximum absolute atomic E-state index is 12.5. The Kier molecular flexibility index (Phi) is 6.19. The van der Waals surface area contributed by atoms with E-state index in [1.54, 1.807) is 37.3 Å². The summed E-state index contributed by atoms with van der Waals surface area (Å²) in [6.07, 6.45) is 4.86. The van der Waals surface area contributed by atoms with Crippen LogP contribution in [0.3, 0.4) is 0 Å². The molecule has 2 aromatic heterocycles. The third-order valence-corrected chi connectivity index (χ3v) is 5.06. The molecule has 29 heavy (non-hydrogen) atoms. The number of benzene rings is 1. The van der Waals surface area contributed by atoms with E-state index in [0.29, 0.717) is 23.6 Å². The largest absolute Gasteiger partial charge is 0.340 e. The van der Waals surface area contributed by atoms with Crippen LogP contribution in [0.4, 0.5) is 23.1 Å². The number of hydrogen-bond acceptors (Lipinski definition) is 8. The summed E-state index contributed by atoms with van der Waals surface area (Å²) < 4.78 is 27.4. The molecular formula is C18H19N7O3S. The zero-order chi connectivity index (χ0) is 20.7. The van der Waals surface area contributed by atoms with Gasteiger partial charge in [-0.25, -0.2) is 13.4 Å². The highest BCUT2D eigenvalue weighted by atomic mass is 32.2. The molecule has 0 aliphatic carbocycles. The molecule has 0 radical (unpaired) electrons. The molecule has 0 saturated heterocycles. The Hall–Kier alpha value is -3.73. The minimum atomic E-state index is -3.71. The van der Waals surface area contributed by atoms with Crippen molar-refractivity contribution in [3.05, 3.63) is 61.1 Å². The van der Waals surface area contributed by atoms with Crippen molar-refractivity contribution < 1.29 is 13.2 Å². The first-order valence-corrected chi connectivity index (χ1v) is 10.1. The van der Waals surface area contributed by atoms with Gasteiger partial charge in [-0.2, -0.15) is 4.98 Å². The van der Waals surface area contributed by atoms with E-state index in [9.17, 15) is 13.2 Å². The quantitative estimate of drug-likeness (QED) is 0.413. The van der Waals surface area contributed by atoms with Gasteiger partial charge in [-0.1, -0.05) is 6.92 Å². The number of rotatable bonds is 8. The van der Waals surface area contributed by atoms with Gasteiger partial charge in [0.1, 0.15) is 5.82 Å². The summed E-state index contributed by atoms with van der Waals surface area (Å²) >= 11 is 0. The maximum atomic E-state index is 12.5. The van der Waals surface area contributed by atoms with Gasteiger partial charge in [0.2, 0.25) is 11.9 Å². The Morgan fingerprint density at radius 1 is 0.966 bits per heavy atom. The molecule has 0 aliphatic rings. The number of hydrogen-bond donors (Lipinski definition) is 4. The number of nitrogens with zero attached hydrogens (tertiary/aromatic N) is 3. The maximum Gasteiger partial charge on any atom is 0.261 e. The fraction of sp³-hybridized carbons (Fsp3) is 0.111. The molecule has 0 atom stereocenters. The summed E-state index contributed by atoms with van der Waals surface area (Å²) in [5.74, 6) is 0.500. The Bertz CT molecular complexity index is 1070. The van der Waals surface area contributed by atoms with Crippen LogP contribution < -0.4 is 20.9 Å². The van der Waals surface area contributed by atoms with Gasteiger partial charge in [-0.3, -0.25) is 25.4 Å². The highest BCUT2D eigenvalue weighted by Crippen LogP contribution is 2.20. The molecule has 0 bridgehead atoms. The summed E-state index contributed by atoms with van der Waals surface area (Å²) in [5.41, 5.74) is 6.15. The van der Waals surface area contributed by atoms with Crippen LogP contribution in [0.1, 0.15) is 13.3 Å². The predicted molar refractivity (Wildman–Crippen MR) is 109 cm³/mol. The molecule has 0 saturated carbocycles. The number of aromatic nitrogens is 3. The van der Waals surface area contributed by atoms with Gasteiger partial charge < -0.3 is 5.32 Å². The molecule has 1 amide bonds. The summed E-state index contributed by atoms with van der Waals surface area (Å²) in [4.78, 5) is 23.5. The van der Waals surface area contributed by atoms with E-state index < -0.39 is 10.0 Å². The Morgan fingerprint density at radius 2 is 1.69 bits per heavy atom. The predicted octanol–water partition coefficient (Wildman–Crippen LogP) is 2.27. The zero-order valence-electron chi connectivity index (χ0n) is 15.5. The van der Waals surface area contributed by atoms with E-state index in [2.05, 4.69) is 35.8 Å². The van der Waals surface area contributed by atoms with Crippen LogP contribution in [0.25, 0.3) is 0 Å². The second kappa shape index (κ2) is 8.97. The first-order valence-electron chi connectivity index (χ1n) is 8.64. The number of pyridine rings is 1. The molecule has 10 nitrogen and oxygen atoms in total. The molecule has 1 aromatic carbocycles. The third-order valence-electron chi connectivity index (χ3n) is 3.66. The number of nitrogens with one attached hydrogen (secondary N) is 4. The number of anilines is 4. The minimum absolute atomic E-state index is 0.118. The number of sulfonamides is 1. The molecule has 0 spiro atoms. The van der Waals surface area contributed by atoms with Gasteiger partial charge in [-0.15, -0.1) is 0 Å². The first kappa shape index (κ1) is 20.0. The van der Waals surface area contributed by atoms with Gasteiger partial charge >= 0.3 is 0 Å². The van der Waals surface area contributed by atoms with Crippen LogP contribution in [-0.4, -0.2) is 29.3 Å². The standard InChI is InChI=1S/C18H19N7O3S/c1-2-17(26)23-24-18-20-12-9-16(22-18)21-13-3-5-15(6-4-13)29(27,28)25-14-7-10-19-11-8-14/h3-12H,2H2,1H3,(H,19,25)(H,23,26)(H2,20,21,22,24). The van der Waals surface area contributed by atoms with E-state index in [-0.39, 0.29) is 16.8 Å². The monoisotopic (exact) mass is 413 g/mol. The van der Waals surface area contributed by atoms with Crippen molar-refractivity contribution in [1.29, 1.82) is 0 Å². The molecule has 4 N–H and O–H groups in total. The Balaban J connectivity index is 1.67. The second-order valence-corrected chi connectivity index (χ2v) is 7.47. The molecule has 0 fully saturated rings. The van der Waals surface area contributed by atoms with Crippen molar-refractivity contribution >= 4 is 39.1 Å². The lowest BCUT2D eigenvalue weighted by atomic mass is 10.3. The topological polar surface area (TPSA) is 138 Å². The highest BCUT2D eigenvalue weighted by Gasteiger charge is 2.14. The molecule has 0 unspecified atom stereocenters. The molecular weight excluding hydrogens is 394 g/mol. The number of amides is 1. The summed E-state index contributed by atoms with van der Waals surface area (Å²) in [5, 5.41) is 3.05. The highest BCUT2D eigenvalue weighted by molar-refractivity contribution is 7.92. The van der Waals surface area contributed by atoms with Crippen LogP contribution in [-0.2, 0) is 14.8 Å². The Morgan fingerprint density at radius 3 is 2.38 bits per heavy atom. The van der Waals surface area contributed by atoms with Gasteiger partial charge in [0.25, 0.3) is 10.0 Å². The average Bonchev–Trinajstić information content (AvgIpc) is 2.73. The van der Waals surface area contributed by atoms with Gasteiger partial charge in [0.05, 0.1) is 10.6 Å². The van der Waals surface area contributed by atoms with Gasteiger partial charge in [0.15, 0.2) is 0 Å². The van der Waals surface area contributed by atoms with Crippen LogP contribution in [0.5, 0.6) is 0 Å². The summed E-state index contributed by atoms with van der Waals surface area (Å²) in [7, 11) is -3.71. The van der Waals surface area contributed by atoms with Crippen LogP contribution in [0.15, 0.2) is 66.0 Å². The van der Waals surface area contributed by atoms with Gasteiger partial charge in [0, 0.05) is 30.7 Å². The minimum Gasteiger partial charge on any atom is -0.340 e. The second-order valence-electron chi connectivity index (χ2n) is 5.78. The van der Waals surface area contributed by atoms with Crippen molar-refractivity contribution in [2.45, 2.75) is 18.2 Å². The number of carbonyl (C=O) groups is 1. The molecule has 0 aliphatic heterocycles. The van der Waals surface area contributed by atoms with Crippen molar-refractivity contribution in [3.63, 3.8) is 0 Å². The lowest BCUT2D eigenvalue weighted by Crippen LogP contribution is -2.29. The molecule has 150 valence electrons. The Labute approximate surface area is 167 Å². The molecule has 11 heteroatoms. The van der Waals surface area contributed by atoms with Crippen molar-refractivity contribution in [1.82, 2.24) is 20.4 Å². The number of carbonyl (C=O) groups excluding carboxylic acids is 1. The first-order chi connectivity index (χ1) is 14.0. The van der Waals surface area contributed by atoms with E-state index in [1.165, 1.54) is 30.7 Å².